The Balaban J connectivity index is 3.43. The summed E-state index contributed by atoms with van der Waals surface area (Å²) < 4.78 is 1.50. The molecule has 0 saturated heterocycles. The van der Waals surface area contributed by atoms with Crippen molar-refractivity contribution in [2.45, 2.75) is 6.92 Å². The Morgan fingerprint density at radius 1 is 1.33 bits per heavy atom. The van der Waals surface area contributed by atoms with Gasteiger partial charge in [0, 0.05) is 3.57 Å². The van der Waals surface area contributed by atoms with Gasteiger partial charge >= 0.3 is 0 Å². The van der Waals surface area contributed by atoms with Gasteiger partial charge in [-0.2, -0.15) is 0 Å². The number of hydrogen-bond donors (Lipinski definition) is 1. The van der Waals surface area contributed by atoms with E-state index in [1.165, 1.54) is 6.92 Å². The van der Waals surface area contributed by atoms with Crippen molar-refractivity contribution >= 4 is 51.0 Å². The molecule has 0 unspecified atom stereocenters. The molecule has 0 aliphatic rings. The van der Waals surface area contributed by atoms with Crippen LogP contribution in [0.25, 0.3) is 0 Å². The number of aromatic hydroxyl groups is 1. The molecule has 1 aromatic rings. The quantitative estimate of drug-likeness (QED) is 0.594. The number of hydrogen-bond acceptors (Lipinski definition) is 2. The molecule has 1 rings (SSSR count). The number of rotatable bonds is 1. The molecule has 0 saturated carbocycles. The first-order chi connectivity index (χ1) is 5.54. The normalized spacial score (nSPS) is 9.92. The third-order valence-electron chi connectivity index (χ3n) is 1.43. The molecule has 4 heteroatoms. The molecule has 0 atom stereocenters. The van der Waals surface area contributed by atoms with Gasteiger partial charge in [-0.25, -0.2) is 0 Å². The van der Waals surface area contributed by atoms with E-state index >= 15 is 0 Å². The molecule has 0 spiro atoms. The summed E-state index contributed by atoms with van der Waals surface area (Å²) in [5.74, 6) is -0.00887. The van der Waals surface area contributed by atoms with Crippen LogP contribution in [0.1, 0.15) is 17.3 Å². The fraction of sp³-hybridized carbons (Fsp3) is 0.125. The highest BCUT2D eigenvalue weighted by atomic mass is 127. The van der Waals surface area contributed by atoms with Crippen LogP contribution in [0.4, 0.5) is 0 Å². The number of benzene rings is 1. The van der Waals surface area contributed by atoms with Crippen LogP contribution < -0.4 is 0 Å². The average molecular weight is 388 g/mol. The van der Waals surface area contributed by atoms with E-state index in [0.717, 1.165) is 3.57 Å². The van der Waals surface area contributed by atoms with Crippen LogP contribution in [0, 0.1) is 7.14 Å². The van der Waals surface area contributed by atoms with E-state index in [1.54, 1.807) is 6.07 Å². The highest BCUT2D eigenvalue weighted by molar-refractivity contribution is 14.1. The van der Waals surface area contributed by atoms with Gasteiger partial charge in [0.2, 0.25) is 0 Å². The third kappa shape index (κ3) is 1.90. The van der Waals surface area contributed by atoms with Crippen LogP contribution in [-0.2, 0) is 0 Å². The van der Waals surface area contributed by atoms with Crippen LogP contribution in [-0.4, -0.2) is 10.9 Å². The zero-order chi connectivity index (χ0) is 9.30. The van der Waals surface area contributed by atoms with Gasteiger partial charge in [0.25, 0.3) is 0 Å². The number of ketones is 1. The molecular formula is C8H6I2O2. The molecule has 2 nitrogen and oxygen atoms in total. The Bertz CT molecular complexity index is 334. The number of carbonyl (C=O) groups is 1. The van der Waals surface area contributed by atoms with Crippen molar-refractivity contribution in [3.05, 3.63) is 24.8 Å². The molecule has 64 valence electrons. The topological polar surface area (TPSA) is 37.3 Å². The molecule has 12 heavy (non-hydrogen) atoms. The number of carbonyl (C=O) groups excluding carboxylic acids is 1. The number of halogens is 2. The fourth-order valence-electron chi connectivity index (χ4n) is 0.876. The summed E-state index contributed by atoms with van der Waals surface area (Å²) in [6, 6.07) is 3.60. The number of Topliss-reactive ketones (excluding diaryl/α,β-unsaturated/α-hetero) is 1. The number of phenolic OH excluding ortho intramolecular Hbond substituents is 1. The van der Waals surface area contributed by atoms with E-state index in [0.29, 0.717) is 9.13 Å². The van der Waals surface area contributed by atoms with Gasteiger partial charge in [-0.3, -0.25) is 4.79 Å². The molecular weight excluding hydrogens is 382 g/mol. The second-order valence-electron chi connectivity index (χ2n) is 2.31. The minimum Gasteiger partial charge on any atom is -0.506 e. The molecule has 0 aliphatic carbocycles. The van der Waals surface area contributed by atoms with Crippen LogP contribution >= 0.6 is 45.2 Å². The molecule has 0 bridgehead atoms. The summed E-state index contributed by atoms with van der Waals surface area (Å²) in [5, 5.41) is 9.52. The van der Waals surface area contributed by atoms with Gasteiger partial charge in [0.1, 0.15) is 5.75 Å². The molecule has 0 aliphatic heterocycles. The van der Waals surface area contributed by atoms with E-state index in [2.05, 4.69) is 0 Å². The number of phenols is 1. The Morgan fingerprint density at radius 2 is 1.83 bits per heavy atom. The van der Waals surface area contributed by atoms with Crippen molar-refractivity contribution in [1.82, 2.24) is 0 Å². The molecule has 0 aromatic heterocycles. The molecule has 0 heterocycles. The average Bonchev–Trinajstić information content (AvgIpc) is 1.97. The first-order valence-corrected chi connectivity index (χ1v) is 5.37. The Labute approximate surface area is 97.6 Å². The Morgan fingerprint density at radius 3 is 2.25 bits per heavy atom. The standard InChI is InChI=1S/C8H6I2O2/c1-4(11)7-5(9)2-3-6(10)8(7)12/h2-3,12H,1H3. The fourth-order valence-corrected chi connectivity index (χ4v) is 2.14. The molecule has 0 amide bonds. The second-order valence-corrected chi connectivity index (χ2v) is 4.63. The summed E-state index contributed by atoms with van der Waals surface area (Å²) in [6.07, 6.45) is 0. The molecule has 0 fully saturated rings. The highest BCUT2D eigenvalue weighted by Gasteiger charge is 2.12. The SMILES string of the molecule is CC(=O)c1c(I)ccc(I)c1O. The Kier molecular flexibility index (Phi) is 3.33. The highest BCUT2D eigenvalue weighted by Crippen LogP contribution is 2.28. The van der Waals surface area contributed by atoms with Crippen molar-refractivity contribution in [3.63, 3.8) is 0 Å². The predicted octanol–water partition coefficient (Wildman–Crippen LogP) is 2.80. The second kappa shape index (κ2) is 3.91. The van der Waals surface area contributed by atoms with E-state index in [-0.39, 0.29) is 11.5 Å². The van der Waals surface area contributed by atoms with E-state index in [9.17, 15) is 9.90 Å². The summed E-state index contributed by atoms with van der Waals surface area (Å²) in [5.41, 5.74) is 0.419. The smallest absolute Gasteiger partial charge is 0.164 e. The minimum atomic E-state index is -0.101. The largest absolute Gasteiger partial charge is 0.506 e. The van der Waals surface area contributed by atoms with Crippen molar-refractivity contribution in [1.29, 1.82) is 0 Å². The zero-order valence-corrected chi connectivity index (χ0v) is 10.6. The third-order valence-corrected chi connectivity index (χ3v) is 3.20. The van der Waals surface area contributed by atoms with E-state index < -0.39 is 0 Å². The van der Waals surface area contributed by atoms with Crippen LogP contribution in [0.5, 0.6) is 5.75 Å². The zero-order valence-electron chi connectivity index (χ0n) is 6.27. The van der Waals surface area contributed by atoms with Crippen LogP contribution in [0.15, 0.2) is 12.1 Å². The summed E-state index contributed by atoms with van der Waals surface area (Å²) >= 11 is 4.03. The van der Waals surface area contributed by atoms with Gasteiger partial charge in [-0.05, 0) is 64.2 Å². The van der Waals surface area contributed by atoms with Crippen molar-refractivity contribution < 1.29 is 9.90 Å². The van der Waals surface area contributed by atoms with Gasteiger partial charge in [-0.1, -0.05) is 0 Å². The van der Waals surface area contributed by atoms with E-state index in [4.69, 9.17) is 0 Å². The van der Waals surface area contributed by atoms with Gasteiger partial charge in [-0.15, -0.1) is 0 Å². The lowest BCUT2D eigenvalue weighted by Gasteiger charge is -2.04. The molecule has 1 N–H and O–H groups in total. The van der Waals surface area contributed by atoms with Gasteiger partial charge < -0.3 is 5.11 Å². The van der Waals surface area contributed by atoms with Crippen molar-refractivity contribution in [3.8, 4) is 5.75 Å². The van der Waals surface area contributed by atoms with Crippen molar-refractivity contribution in [2.75, 3.05) is 0 Å². The molecule has 0 radical (unpaired) electrons. The maximum absolute atomic E-state index is 11.1. The lowest BCUT2D eigenvalue weighted by Crippen LogP contribution is -1.97. The predicted molar refractivity (Wildman–Crippen MR) is 63.5 cm³/mol. The lowest BCUT2D eigenvalue weighted by atomic mass is 10.1. The Hall–Kier alpha value is 0.150. The van der Waals surface area contributed by atoms with Crippen molar-refractivity contribution in [2.24, 2.45) is 0 Å². The van der Waals surface area contributed by atoms with Gasteiger partial charge in [0.15, 0.2) is 5.78 Å². The molecule has 1 aromatic carbocycles. The summed E-state index contributed by atoms with van der Waals surface area (Å²) in [7, 11) is 0. The maximum Gasteiger partial charge on any atom is 0.164 e. The first kappa shape index (κ1) is 10.2. The first-order valence-electron chi connectivity index (χ1n) is 3.22. The van der Waals surface area contributed by atoms with E-state index in [1.807, 2.05) is 51.2 Å². The van der Waals surface area contributed by atoms with Crippen LogP contribution in [0.2, 0.25) is 0 Å². The van der Waals surface area contributed by atoms with Crippen LogP contribution in [0.3, 0.4) is 0 Å². The van der Waals surface area contributed by atoms with Gasteiger partial charge in [0.05, 0.1) is 9.13 Å². The lowest BCUT2D eigenvalue weighted by molar-refractivity contribution is 0.101. The maximum atomic E-state index is 11.1. The minimum absolute atomic E-state index is 0.0926. The summed E-state index contributed by atoms with van der Waals surface area (Å²) in [4.78, 5) is 11.1. The monoisotopic (exact) mass is 388 g/mol. The summed E-state index contributed by atoms with van der Waals surface area (Å²) in [6.45, 7) is 1.45.